The van der Waals surface area contributed by atoms with Crippen LogP contribution in [-0.4, -0.2) is 31.1 Å². The number of hydrogen-bond acceptors (Lipinski definition) is 2. The lowest BCUT2D eigenvalue weighted by molar-refractivity contribution is 0.210. The SMILES string of the molecule is CN1Cc2ccccc2N(CCCCCN)C1=O. The monoisotopic (exact) mass is 247 g/mol. The van der Waals surface area contributed by atoms with Gasteiger partial charge < -0.3 is 10.6 Å². The van der Waals surface area contributed by atoms with Gasteiger partial charge in [0.1, 0.15) is 0 Å². The lowest BCUT2D eigenvalue weighted by Crippen LogP contribution is -2.45. The van der Waals surface area contributed by atoms with Gasteiger partial charge in [-0.3, -0.25) is 4.90 Å². The van der Waals surface area contributed by atoms with Crippen molar-refractivity contribution >= 4 is 11.7 Å². The smallest absolute Gasteiger partial charge is 0.324 e. The molecule has 0 saturated heterocycles. The Hall–Kier alpha value is -1.55. The van der Waals surface area contributed by atoms with Crippen molar-refractivity contribution in [3.8, 4) is 0 Å². The Morgan fingerprint density at radius 1 is 1.22 bits per heavy atom. The summed E-state index contributed by atoms with van der Waals surface area (Å²) in [5, 5.41) is 0. The molecule has 0 aromatic heterocycles. The Morgan fingerprint density at radius 2 is 2.00 bits per heavy atom. The fourth-order valence-electron chi connectivity index (χ4n) is 2.35. The Balaban J connectivity index is 2.09. The summed E-state index contributed by atoms with van der Waals surface area (Å²) in [6, 6.07) is 8.23. The molecule has 2 amide bonds. The number of fused-ring (bicyclic) bond motifs is 1. The summed E-state index contributed by atoms with van der Waals surface area (Å²) in [6.07, 6.45) is 3.11. The fourth-order valence-corrected chi connectivity index (χ4v) is 2.35. The van der Waals surface area contributed by atoms with E-state index >= 15 is 0 Å². The molecule has 0 atom stereocenters. The molecule has 0 fully saturated rings. The molecule has 0 bridgehead atoms. The van der Waals surface area contributed by atoms with Crippen LogP contribution in [-0.2, 0) is 6.54 Å². The van der Waals surface area contributed by atoms with Crippen LogP contribution in [0.15, 0.2) is 24.3 Å². The summed E-state index contributed by atoms with van der Waals surface area (Å²) in [5.74, 6) is 0. The first-order chi connectivity index (χ1) is 8.74. The van der Waals surface area contributed by atoms with Crippen molar-refractivity contribution in [2.24, 2.45) is 5.73 Å². The maximum atomic E-state index is 12.2. The van der Waals surface area contributed by atoms with Gasteiger partial charge in [0.25, 0.3) is 0 Å². The molecule has 98 valence electrons. The third-order valence-corrected chi connectivity index (χ3v) is 3.33. The Bertz CT molecular complexity index is 419. The Morgan fingerprint density at radius 3 is 2.78 bits per heavy atom. The number of para-hydroxylation sites is 1. The van der Waals surface area contributed by atoms with E-state index in [1.54, 1.807) is 4.90 Å². The average molecular weight is 247 g/mol. The van der Waals surface area contributed by atoms with Crippen LogP contribution >= 0.6 is 0 Å². The number of nitrogens with zero attached hydrogens (tertiary/aromatic N) is 2. The third-order valence-electron chi connectivity index (χ3n) is 3.33. The molecule has 2 N–H and O–H groups in total. The number of carbonyl (C=O) groups is 1. The second kappa shape index (κ2) is 5.87. The van der Waals surface area contributed by atoms with Gasteiger partial charge >= 0.3 is 6.03 Å². The molecule has 0 spiro atoms. The van der Waals surface area contributed by atoms with Crippen LogP contribution < -0.4 is 10.6 Å². The van der Waals surface area contributed by atoms with Gasteiger partial charge in [0.05, 0.1) is 5.69 Å². The third kappa shape index (κ3) is 2.64. The quantitative estimate of drug-likeness (QED) is 0.811. The van der Waals surface area contributed by atoms with Gasteiger partial charge in [-0.2, -0.15) is 0 Å². The first-order valence-corrected chi connectivity index (χ1v) is 6.54. The second-order valence-corrected chi connectivity index (χ2v) is 4.77. The lowest BCUT2D eigenvalue weighted by Gasteiger charge is -2.35. The lowest BCUT2D eigenvalue weighted by atomic mass is 10.1. The van der Waals surface area contributed by atoms with Crippen LogP contribution in [0, 0.1) is 0 Å². The van der Waals surface area contributed by atoms with Crippen LogP contribution in [0.5, 0.6) is 0 Å². The van der Waals surface area contributed by atoms with Gasteiger partial charge in [-0.25, -0.2) is 4.79 Å². The molecule has 2 rings (SSSR count). The van der Waals surface area contributed by atoms with Crippen molar-refractivity contribution in [3.05, 3.63) is 29.8 Å². The summed E-state index contributed by atoms with van der Waals surface area (Å²) in [7, 11) is 1.85. The zero-order valence-corrected chi connectivity index (χ0v) is 10.9. The minimum Gasteiger partial charge on any atom is -0.330 e. The number of nitrogens with two attached hydrogens (primary N) is 1. The first-order valence-electron chi connectivity index (χ1n) is 6.54. The molecule has 1 aliphatic heterocycles. The maximum absolute atomic E-state index is 12.2. The van der Waals surface area contributed by atoms with Crippen LogP contribution in [0.4, 0.5) is 10.5 Å². The van der Waals surface area contributed by atoms with Crippen molar-refractivity contribution in [1.29, 1.82) is 0 Å². The summed E-state index contributed by atoms with van der Waals surface area (Å²) < 4.78 is 0. The molecule has 4 nitrogen and oxygen atoms in total. The highest BCUT2D eigenvalue weighted by atomic mass is 16.2. The van der Waals surface area contributed by atoms with E-state index in [0.29, 0.717) is 6.54 Å². The largest absolute Gasteiger partial charge is 0.330 e. The summed E-state index contributed by atoms with van der Waals surface area (Å²) >= 11 is 0. The van der Waals surface area contributed by atoms with Gasteiger partial charge in [0, 0.05) is 20.1 Å². The van der Waals surface area contributed by atoms with E-state index in [2.05, 4.69) is 6.07 Å². The van der Waals surface area contributed by atoms with Crippen molar-refractivity contribution < 1.29 is 4.79 Å². The van der Waals surface area contributed by atoms with Gasteiger partial charge in [-0.05, 0) is 31.0 Å². The van der Waals surface area contributed by atoms with E-state index < -0.39 is 0 Å². The highest BCUT2D eigenvalue weighted by molar-refractivity contribution is 5.94. The number of rotatable bonds is 5. The van der Waals surface area contributed by atoms with E-state index in [1.807, 2.05) is 30.1 Å². The van der Waals surface area contributed by atoms with Crippen LogP contribution in [0.2, 0.25) is 0 Å². The molecular weight excluding hydrogens is 226 g/mol. The predicted molar refractivity (Wildman–Crippen MR) is 73.6 cm³/mol. The molecule has 0 unspecified atom stereocenters. The van der Waals surface area contributed by atoms with E-state index in [-0.39, 0.29) is 6.03 Å². The Labute approximate surface area is 108 Å². The Kier molecular flexibility index (Phi) is 4.20. The van der Waals surface area contributed by atoms with Crippen molar-refractivity contribution in [3.63, 3.8) is 0 Å². The maximum Gasteiger partial charge on any atom is 0.324 e. The number of urea groups is 1. The molecule has 18 heavy (non-hydrogen) atoms. The number of hydrogen-bond donors (Lipinski definition) is 1. The summed E-state index contributed by atoms with van der Waals surface area (Å²) in [4.78, 5) is 15.8. The number of unbranched alkanes of at least 4 members (excludes halogenated alkanes) is 2. The highest BCUT2D eigenvalue weighted by Gasteiger charge is 2.26. The molecule has 0 saturated carbocycles. The van der Waals surface area contributed by atoms with E-state index in [4.69, 9.17) is 5.73 Å². The molecular formula is C14H21N3O. The van der Waals surface area contributed by atoms with Crippen molar-refractivity contribution in [2.75, 3.05) is 25.0 Å². The van der Waals surface area contributed by atoms with Gasteiger partial charge in [-0.1, -0.05) is 24.6 Å². The first kappa shape index (κ1) is 12.9. The number of carbonyl (C=O) groups excluding carboxylic acids is 1. The average Bonchev–Trinajstić information content (AvgIpc) is 2.38. The van der Waals surface area contributed by atoms with E-state index in [9.17, 15) is 4.79 Å². The molecule has 1 aromatic carbocycles. The van der Waals surface area contributed by atoms with E-state index in [1.165, 1.54) is 5.56 Å². The number of amides is 2. The number of anilines is 1. The molecule has 0 radical (unpaired) electrons. The summed E-state index contributed by atoms with van der Waals surface area (Å²) in [5.41, 5.74) is 7.77. The van der Waals surface area contributed by atoms with Crippen LogP contribution in [0.25, 0.3) is 0 Å². The fraction of sp³-hybridized carbons (Fsp3) is 0.500. The zero-order valence-electron chi connectivity index (χ0n) is 10.9. The molecule has 1 aromatic rings. The van der Waals surface area contributed by atoms with Gasteiger partial charge in [-0.15, -0.1) is 0 Å². The molecule has 1 aliphatic rings. The van der Waals surface area contributed by atoms with Crippen molar-refractivity contribution in [2.45, 2.75) is 25.8 Å². The second-order valence-electron chi connectivity index (χ2n) is 4.77. The highest BCUT2D eigenvalue weighted by Crippen LogP contribution is 2.27. The van der Waals surface area contributed by atoms with Crippen molar-refractivity contribution in [1.82, 2.24) is 4.90 Å². The summed E-state index contributed by atoms with van der Waals surface area (Å²) in [6.45, 7) is 2.21. The minimum atomic E-state index is 0.0986. The van der Waals surface area contributed by atoms with E-state index in [0.717, 1.165) is 38.0 Å². The predicted octanol–water partition coefficient (Wildman–Crippen LogP) is 2.19. The normalized spacial score (nSPS) is 14.9. The van der Waals surface area contributed by atoms with Gasteiger partial charge in [0.2, 0.25) is 0 Å². The molecule has 0 aliphatic carbocycles. The van der Waals surface area contributed by atoms with Gasteiger partial charge in [0.15, 0.2) is 0 Å². The zero-order chi connectivity index (χ0) is 13.0. The van der Waals surface area contributed by atoms with Crippen LogP contribution in [0.1, 0.15) is 24.8 Å². The standard InChI is InChI=1S/C14H21N3O/c1-16-11-12-7-3-4-8-13(12)17(14(16)18)10-6-2-5-9-15/h3-4,7-8H,2,5-6,9-11,15H2,1H3. The molecule has 4 heteroatoms. The minimum absolute atomic E-state index is 0.0986. The number of benzene rings is 1. The van der Waals surface area contributed by atoms with Crippen LogP contribution in [0.3, 0.4) is 0 Å². The molecule has 1 heterocycles. The topological polar surface area (TPSA) is 49.6 Å².